The van der Waals surface area contributed by atoms with Crippen LogP contribution in [0.4, 0.5) is 4.39 Å². The fraction of sp³-hybridized carbons (Fsp3) is 0.0714. The lowest BCUT2D eigenvalue weighted by atomic mass is 10.2. The van der Waals surface area contributed by atoms with Crippen LogP contribution in [0.25, 0.3) is 0 Å². The van der Waals surface area contributed by atoms with Crippen molar-refractivity contribution in [2.45, 2.75) is 6.92 Å². The van der Waals surface area contributed by atoms with Gasteiger partial charge in [-0.05, 0) is 48.9 Å². The number of carbonyl (C=O) groups is 1. The molecule has 4 heteroatoms. The topological polar surface area (TPSA) is 26.3 Å². The third-order valence-corrected chi connectivity index (χ3v) is 3.34. The molecule has 18 heavy (non-hydrogen) atoms. The quantitative estimate of drug-likeness (QED) is 0.780. The third kappa shape index (κ3) is 2.76. The van der Waals surface area contributed by atoms with Gasteiger partial charge in [-0.2, -0.15) is 0 Å². The standard InChI is InChI=1S/C14H10BrFO2/c1-9-6-11(3-4-12(9)15)18-14-5-2-10(8-17)7-13(14)16/h2-8H,1H3. The molecule has 0 heterocycles. The Labute approximate surface area is 113 Å². The van der Waals surface area contributed by atoms with Crippen LogP contribution in [-0.4, -0.2) is 6.29 Å². The second kappa shape index (κ2) is 5.31. The first-order chi connectivity index (χ1) is 8.60. The van der Waals surface area contributed by atoms with Crippen molar-refractivity contribution in [1.82, 2.24) is 0 Å². The molecule has 92 valence electrons. The van der Waals surface area contributed by atoms with Crippen LogP contribution in [0.15, 0.2) is 40.9 Å². The highest BCUT2D eigenvalue weighted by Crippen LogP contribution is 2.28. The van der Waals surface area contributed by atoms with E-state index in [-0.39, 0.29) is 11.3 Å². The van der Waals surface area contributed by atoms with E-state index in [1.165, 1.54) is 12.1 Å². The average molecular weight is 309 g/mol. The monoisotopic (exact) mass is 308 g/mol. The molecule has 2 nitrogen and oxygen atoms in total. The van der Waals surface area contributed by atoms with Crippen molar-refractivity contribution in [2.24, 2.45) is 0 Å². The van der Waals surface area contributed by atoms with Crippen molar-refractivity contribution < 1.29 is 13.9 Å². The predicted octanol–water partition coefficient (Wildman–Crippen LogP) is 4.50. The molecule has 2 rings (SSSR count). The van der Waals surface area contributed by atoms with E-state index in [9.17, 15) is 9.18 Å². The Morgan fingerprint density at radius 1 is 1.22 bits per heavy atom. The average Bonchev–Trinajstić information content (AvgIpc) is 2.36. The molecule has 0 aliphatic rings. The van der Waals surface area contributed by atoms with Gasteiger partial charge in [0.25, 0.3) is 0 Å². The normalized spacial score (nSPS) is 10.2. The summed E-state index contributed by atoms with van der Waals surface area (Å²) in [6, 6.07) is 9.48. The number of hydrogen-bond donors (Lipinski definition) is 0. The molecule has 0 amide bonds. The number of aldehydes is 1. The van der Waals surface area contributed by atoms with Gasteiger partial charge in [-0.3, -0.25) is 4.79 Å². The van der Waals surface area contributed by atoms with Gasteiger partial charge in [0, 0.05) is 10.0 Å². The maximum absolute atomic E-state index is 13.6. The lowest BCUT2D eigenvalue weighted by Gasteiger charge is -2.08. The van der Waals surface area contributed by atoms with Gasteiger partial charge in [-0.25, -0.2) is 4.39 Å². The summed E-state index contributed by atoms with van der Waals surface area (Å²) in [5.74, 6) is 0.0935. The van der Waals surface area contributed by atoms with E-state index in [0.717, 1.165) is 16.1 Å². The molecule has 0 atom stereocenters. The number of aryl methyl sites for hydroxylation is 1. The Balaban J connectivity index is 2.28. The first-order valence-electron chi connectivity index (χ1n) is 5.29. The van der Waals surface area contributed by atoms with Crippen molar-refractivity contribution in [3.05, 3.63) is 57.8 Å². The van der Waals surface area contributed by atoms with Crippen LogP contribution >= 0.6 is 15.9 Å². The molecule has 0 saturated heterocycles. The first kappa shape index (κ1) is 12.8. The Bertz CT molecular complexity index is 596. The molecule has 0 fully saturated rings. The minimum atomic E-state index is -0.555. The molecule has 0 aliphatic carbocycles. The van der Waals surface area contributed by atoms with Crippen molar-refractivity contribution in [3.63, 3.8) is 0 Å². The zero-order valence-corrected chi connectivity index (χ0v) is 11.2. The van der Waals surface area contributed by atoms with Crippen LogP contribution < -0.4 is 4.74 Å². The summed E-state index contributed by atoms with van der Waals surface area (Å²) in [6.07, 6.45) is 0.594. The maximum atomic E-state index is 13.6. The van der Waals surface area contributed by atoms with Gasteiger partial charge in [0.15, 0.2) is 11.6 Å². The molecule has 0 unspecified atom stereocenters. The molecular weight excluding hydrogens is 299 g/mol. The molecule has 2 aromatic carbocycles. The fourth-order valence-electron chi connectivity index (χ4n) is 1.48. The van der Waals surface area contributed by atoms with E-state index in [4.69, 9.17) is 4.74 Å². The zero-order valence-electron chi connectivity index (χ0n) is 9.61. The Morgan fingerprint density at radius 3 is 2.61 bits per heavy atom. The van der Waals surface area contributed by atoms with Crippen molar-refractivity contribution in [2.75, 3.05) is 0 Å². The van der Waals surface area contributed by atoms with Gasteiger partial charge >= 0.3 is 0 Å². The summed E-state index contributed by atoms with van der Waals surface area (Å²) in [5.41, 5.74) is 1.28. The number of halogens is 2. The van der Waals surface area contributed by atoms with Gasteiger partial charge in [0.2, 0.25) is 0 Å². The molecule has 0 aliphatic heterocycles. The van der Waals surface area contributed by atoms with Gasteiger partial charge in [-0.1, -0.05) is 15.9 Å². The summed E-state index contributed by atoms with van der Waals surface area (Å²) in [5, 5.41) is 0. The number of carbonyl (C=O) groups excluding carboxylic acids is 1. The summed E-state index contributed by atoms with van der Waals surface area (Å²) in [4.78, 5) is 10.5. The van der Waals surface area contributed by atoms with Crippen LogP contribution in [0.3, 0.4) is 0 Å². The second-order valence-corrected chi connectivity index (χ2v) is 4.68. The lowest BCUT2D eigenvalue weighted by molar-refractivity contribution is 0.112. The Morgan fingerprint density at radius 2 is 2.00 bits per heavy atom. The van der Waals surface area contributed by atoms with Crippen LogP contribution in [0, 0.1) is 12.7 Å². The highest BCUT2D eigenvalue weighted by Gasteiger charge is 2.06. The number of benzene rings is 2. The number of hydrogen-bond acceptors (Lipinski definition) is 2. The molecular formula is C14H10BrFO2. The van der Waals surface area contributed by atoms with Crippen LogP contribution in [-0.2, 0) is 0 Å². The van der Waals surface area contributed by atoms with Crippen molar-refractivity contribution in [1.29, 1.82) is 0 Å². The molecule has 0 saturated carbocycles. The minimum Gasteiger partial charge on any atom is -0.454 e. The number of rotatable bonds is 3. The SMILES string of the molecule is Cc1cc(Oc2ccc(C=O)cc2F)ccc1Br. The maximum Gasteiger partial charge on any atom is 0.166 e. The molecule has 0 aromatic heterocycles. The van der Waals surface area contributed by atoms with Crippen molar-refractivity contribution >= 4 is 22.2 Å². The van der Waals surface area contributed by atoms with E-state index < -0.39 is 5.82 Å². The highest BCUT2D eigenvalue weighted by molar-refractivity contribution is 9.10. The van der Waals surface area contributed by atoms with Crippen LogP contribution in [0.1, 0.15) is 15.9 Å². The molecule has 0 spiro atoms. The van der Waals surface area contributed by atoms with Gasteiger partial charge < -0.3 is 4.74 Å². The Kier molecular flexibility index (Phi) is 3.77. The van der Waals surface area contributed by atoms with E-state index in [2.05, 4.69) is 15.9 Å². The zero-order chi connectivity index (χ0) is 13.1. The molecule has 0 bridgehead atoms. The molecule has 2 aromatic rings. The lowest BCUT2D eigenvalue weighted by Crippen LogP contribution is -1.91. The largest absolute Gasteiger partial charge is 0.454 e. The van der Waals surface area contributed by atoms with E-state index >= 15 is 0 Å². The van der Waals surface area contributed by atoms with E-state index in [1.54, 1.807) is 12.1 Å². The highest BCUT2D eigenvalue weighted by atomic mass is 79.9. The van der Waals surface area contributed by atoms with Gasteiger partial charge in [0.1, 0.15) is 12.0 Å². The third-order valence-electron chi connectivity index (χ3n) is 2.45. The molecule has 0 N–H and O–H groups in total. The van der Waals surface area contributed by atoms with Crippen LogP contribution in [0.5, 0.6) is 11.5 Å². The van der Waals surface area contributed by atoms with Gasteiger partial charge in [0.05, 0.1) is 0 Å². The predicted molar refractivity (Wildman–Crippen MR) is 70.7 cm³/mol. The smallest absolute Gasteiger partial charge is 0.166 e. The molecule has 0 radical (unpaired) electrons. The summed E-state index contributed by atoms with van der Waals surface area (Å²) < 4.78 is 20.0. The fourth-order valence-corrected chi connectivity index (χ4v) is 1.73. The summed E-state index contributed by atoms with van der Waals surface area (Å²) >= 11 is 3.38. The second-order valence-electron chi connectivity index (χ2n) is 3.82. The van der Waals surface area contributed by atoms with Gasteiger partial charge in [-0.15, -0.1) is 0 Å². The number of ether oxygens (including phenoxy) is 1. The summed E-state index contributed by atoms with van der Waals surface area (Å²) in [6.45, 7) is 1.92. The Hall–Kier alpha value is -1.68. The van der Waals surface area contributed by atoms with E-state index in [0.29, 0.717) is 12.0 Å². The van der Waals surface area contributed by atoms with E-state index in [1.807, 2.05) is 13.0 Å². The first-order valence-corrected chi connectivity index (χ1v) is 6.08. The van der Waals surface area contributed by atoms with Crippen molar-refractivity contribution in [3.8, 4) is 11.5 Å². The van der Waals surface area contributed by atoms with Crippen LogP contribution in [0.2, 0.25) is 0 Å². The summed E-state index contributed by atoms with van der Waals surface area (Å²) in [7, 11) is 0. The minimum absolute atomic E-state index is 0.0994.